The number of aromatic amines is 1. The van der Waals surface area contributed by atoms with Crippen LogP contribution >= 0.6 is 11.6 Å². The molecule has 4 aromatic rings. The predicted molar refractivity (Wildman–Crippen MR) is 133 cm³/mol. The number of carbonyl (C=O) groups is 2. The van der Waals surface area contributed by atoms with Gasteiger partial charge in [0.05, 0.1) is 23.2 Å². The minimum Gasteiger partial charge on any atom is -0.424 e. The van der Waals surface area contributed by atoms with E-state index in [0.29, 0.717) is 33.2 Å². The van der Waals surface area contributed by atoms with Gasteiger partial charge in [-0.15, -0.1) is 0 Å². The van der Waals surface area contributed by atoms with Crippen LogP contribution in [0.4, 0.5) is 0 Å². The molecule has 12 heteroatoms. The molecule has 0 bridgehead atoms. The number of nitrogens with one attached hydrogen (secondary N) is 1. The number of hydrogen-bond acceptors (Lipinski definition) is 8. The number of rotatable bonds is 2. The largest absolute Gasteiger partial charge is 0.424 e. The molecule has 4 aromatic heterocycles. The van der Waals surface area contributed by atoms with E-state index in [4.69, 9.17) is 21.1 Å². The van der Waals surface area contributed by atoms with E-state index in [1.165, 1.54) is 23.4 Å². The molecule has 0 aliphatic heterocycles. The summed E-state index contributed by atoms with van der Waals surface area (Å²) in [5, 5.41) is 8.32. The standard InChI is InChI=1S/C12H14ClN3O2.C12H15N3O3/c1-7-8(18-11(17)12(2,3)4)5-16-9(7)10(13)14-6-15-16;1-7-8(18-11(17)12(2,3)4)5-15-9(7)10(16)13-6-14-15/h5-6H,1-4H3;5-6H,1-4H3,(H,13,14,16). The zero-order valence-corrected chi connectivity index (χ0v) is 22.2. The van der Waals surface area contributed by atoms with Crippen LogP contribution in [-0.4, -0.2) is 41.1 Å². The van der Waals surface area contributed by atoms with Crippen LogP contribution in [0.5, 0.6) is 11.5 Å². The van der Waals surface area contributed by atoms with Crippen molar-refractivity contribution in [2.75, 3.05) is 0 Å². The molecule has 0 aliphatic carbocycles. The Morgan fingerprint density at radius 3 is 1.78 bits per heavy atom. The maximum absolute atomic E-state index is 11.8. The van der Waals surface area contributed by atoms with E-state index in [1.807, 2.05) is 6.92 Å². The highest BCUT2D eigenvalue weighted by Crippen LogP contribution is 2.29. The van der Waals surface area contributed by atoms with Crippen LogP contribution in [0.25, 0.3) is 11.0 Å². The van der Waals surface area contributed by atoms with Crippen molar-refractivity contribution in [3.05, 3.63) is 51.7 Å². The number of aromatic nitrogens is 6. The van der Waals surface area contributed by atoms with Crippen molar-refractivity contribution in [2.24, 2.45) is 10.8 Å². The molecule has 0 saturated heterocycles. The molecule has 0 saturated carbocycles. The zero-order valence-electron chi connectivity index (χ0n) is 21.5. The molecule has 4 heterocycles. The summed E-state index contributed by atoms with van der Waals surface area (Å²) in [5.41, 5.74) is 0.960. The maximum atomic E-state index is 11.8. The van der Waals surface area contributed by atoms with Gasteiger partial charge in [-0.1, -0.05) is 11.6 Å². The average molecular weight is 517 g/mol. The summed E-state index contributed by atoms with van der Waals surface area (Å²) in [5.74, 6) is 0.167. The number of carbonyl (C=O) groups excluding carboxylic acids is 2. The number of ether oxygens (including phenoxy) is 2. The van der Waals surface area contributed by atoms with Gasteiger partial charge in [-0.3, -0.25) is 14.4 Å². The minimum absolute atomic E-state index is 0.263. The molecule has 0 radical (unpaired) electrons. The Morgan fingerprint density at radius 1 is 0.861 bits per heavy atom. The molecule has 0 atom stereocenters. The summed E-state index contributed by atoms with van der Waals surface area (Å²) in [6.45, 7) is 14.2. The molecular formula is C24H29ClN6O5. The Labute approximate surface area is 212 Å². The van der Waals surface area contributed by atoms with Gasteiger partial charge < -0.3 is 14.5 Å². The number of esters is 2. The van der Waals surface area contributed by atoms with Gasteiger partial charge in [0, 0.05) is 11.1 Å². The molecule has 0 aliphatic rings. The molecule has 0 aromatic carbocycles. The zero-order chi connectivity index (χ0) is 27.0. The predicted octanol–water partition coefficient (Wildman–Crippen LogP) is 3.93. The fourth-order valence-electron chi connectivity index (χ4n) is 2.95. The van der Waals surface area contributed by atoms with Gasteiger partial charge in [0.1, 0.15) is 23.7 Å². The van der Waals surface area contributed by atoms with Crippen molar-refractivity contribution in [3.63, 3.8) is 0 Å². The Bertz CT molecular complexity index is 1500. The van der Waals surface area contributed by atoms with Crippen LogP contribution in [0.2, 0.25) is 5.15 Å². The number of aryl methyl sites for hydroxylation is 2. The molecule has 4 rings (SSSR count). The highest BCUT2D eigenvalue weighted by atomic mass is 35.5. The third kappa shape index (κ3) is 5.56. The van der Waals surface area contributed by atoms with Crippen molar-refractivity contribution < 1.29 is 19.1 Å². The van der Waals surface area contributed by atoms with E-state index in [-0.39, 0.29) is 17.5 Å². The van der Waals surface area contributed by atoms with Gasteiger partial charge in [-0.2, -0.15) is 10.2 Å². The Kier molecular flexibility index (Phi) is 7.26. The molecule has 0 spiro atoms. The first-order valence-corrected chi connectivity index (χ1v) is 11.5. The smallest absolute Gasteiger partial charge is 0.316 e. The Balaban J connectivity index is 0.000000201. The highest BCUT2D eigenvalue weighted by Gasteiger charge is 2.26. The first-order chi connectivity index (χ1) is 16.6. The van der Waals surface area contributed by atoms with Crippen LogP contribution in [-0.2, 0) is 9.59 Å². The van der Waals surface area contributed by atoms with E-state index in [9.17, 15) is 14.4 Å². The topological polar surface area (TPSA) is 133 Å². The summed E-state index contributed by atoms with van der Waals surface area (Å²) < 4.78 is 13.6. The molecule has 11 nitrogen and oxygen atoms in total. The van der Waals surface area contributed by atoms with E-state index >= 15 is 0 Å². The Morgan fingerprint density at radius 2 is 1.33 bits per heavy atom. The van der Waals surface area contributed by atoms with Crippen LogP contribution < -0.4 is 15.0 Å². The fourth-order valence-corrected chi connectivity index (χ4v) is 3.22. The van der Waals surface area contributed by atoms with Crippen molar-refractivity contribution in [1.29, 1.82) is 0 Å². The normalized spacial score (nSPS) is 11.8. The third-order valence-corrected chi connectivity index (χ3v) is 5.43. The van der Waals surface area contributed by atoms with Crippen molar-refractivity contribution in [2.45, 2.75) is 55.4 Å². The van der Waals surface area contributed by atoms with Gasteiger partial charge in [-0.25, -0.2) is 14.0 Å². The monoisotopic (exact) mass is 516 g/mol. The molecule has 0 fully saturated rings. The van der Waals surface area contributed by atoms with Crippen LogP contribution in [0, 0.1) is 24.7 Å². The van der Waals surface area contributed by atoms with E-state index in [1.54, 1.807) is 59.2 Å². The lowest BCUT2D eigenvalue weighted by molar-refractivity contribution is -0.143. The van der Waals surface area contributed by atoms with Crippen molar-refractivity contribution in [1.82, 2.24) is 29.2 Å². The van der Waals surface area contributed by atoms with Crippen LogP contribution in [0.1, 0.15) is 52.7 Å². The van der Waals surface area contributed by atoms with E-state index in [2.05, 4.69) is 20.2 Å². The van der Waals surface area contributed by atoms with E-state index in [0.717, 1.165) is 5.56 Å². The van der Waals surface area contributed by atoms with Crippen molar-refractivity contribution in [3.8, 4) is 11.5 Å². The molecular weight excluding hydrogens is 488 g/mol. The van der Waals surface area contributed by atoms with Gasteiger partial charge >= 0.3 is 11.9 Å². The fraction of sp³-hybridized carbons (Fsp3) is 0.417. The lowest BCUT2D eigenvalue weighted by Gasteiger charge is -2.15. The first-order valence-electron chi connectivity index (χ1n) is 11.1. The van der Waals surface area contributed by atoms with Gasteiger partial charge in [0.2, 0.25) is 0 Å². The van der Waals surface area contributed by atoms with Crippen molar-refractivity contribution >= 4 is 34.6 Å². The molecule has 0 unspecified atom stereocenters. The number of H-pyrrole nitrogens is 1. The quantitative estimate of drug-likeness (QED) is 0.396. The molecule has 36 heavy (non-hydrogen) atoms. The highest BCUT2D eigenvalue weighted by molar-refractivity contribution is 6.32. The van der Waals surface area contributed by atoms with Gasteiger partial charge in [-0.05, 0) is 55.4 Å². The summed E-state index contributed by atoms with van der Waals surface area (Å²) in [6.07, 6.45) is 5.81. The summed E-state index contributed by atoms with van der Waals surface area (Å²) in [6, 6.07) is 0. The summed E-state index contributed by atoms with van der Waals surface area (Å²) in [7, 11) is 0. The van der Waals surface area contributed by atoms with Gasteiger partial charge in [0.15, 0.2) is 16.7 Å². The summed E-state index contributed by atoms with van der Waals surface area (Å²) in [4.78, 5) is 41.7. The van der Waals surface area contributed by atoms with E-state index < -0.39 is 10.8 Å². The SMILES string of the molecule is Cc1c(OC(=O)C(C)(C)C)cn2nc[nH]c(=O)c12.Cc1c(OC(=O)C(C)(C)C)cn2ncnc(Cl)c12. The second-order valence-corrected chi connectivity index (χ2v) is 10.6. The molecule has 1 N–H and O–H groups in total. The number of halogens is 1. The first kappa shape index (κ1) is 26.9. The average Bonchev–Trinajstić information content (AvgIpc) is 3.25. The second kappa shape index (κ2) is 9.73. The number of nitrogens with zero attached hydrogens (tertiary/aromatic N) is 5. The second-order valence-electron chi connectivity index (χ2n) is 10.3. The maximum Gasteiger partial charge on any atom is 0.316 e. The van der Waals surface area contributed by atoms with Crippen LogP contribution in [0.3, 0.4) is 0 Å². The Hall–Kier alpha value is -3.73. The lowest BCUT2D eigenvalue weighted by Crippen LogP contribution is -2.25. The van der Waals surface area contributed by atoms with Crippen LogP contribution in [0.15, 0.2) is 29.8 Å². The third-order valence-electron chi connectivity index (χ3n) is 5.15. The van der Waals surface area contributed by atoms with Gasteiger partial charge in [0.25, 0.3) is 5.56 Å². The summed E-state index contributed by atoms with van der Waals surface area (Å²) >= 11 is 5.99. The molecule has 0 amide bonds. The molecule has 192 valence electrons. The minimum atomic E-state index is -0.597. The lowest BCUT2D eigenvalue weighted by atomic mass is 9.97. The number of hydrogen-bond donors (Lipinski definition) is 1. The number of fused-ring (bicyclic) bond motifs is 2.